The molecule has 124 valence electrons. The van der Waals surface area contributed by atoms with Crippen molar-refractivity contribution in [3.8, 4) is 0 Å². The molecule has 24 heavy (non-hydrogen) atoms. The fourth-order valence-corrected chi connectivity index (χ4v) is 2.05. The summed E-state index contributed by atoms with van der Waals surface area (Å²) in [7, 11) is 1.72. The predicted molar refractivity (Wildman–Crippen MR) is 93.8 cm³/mol. The first-order valence-corrected chi connectivity index (χ1v) is 7.51. The highest BCUT2D eigenvalue weighted by Crippen LogP contribution is 2.16. The summed E-state index contributed by atoms with van der Waals surface area (Å²) in [6, 6.07) is 10.6. The molecule has 1 heterocycles. The summed E-state index contributed by atoms with van der Waals surface area (Å²) >= 11 is 0. The summed E-state index contributed by atoms with van der Waals surface area (Å²) in [5.41, 5.74) is 2.30. The fourth-order valence-electron chi connectivity index (χ4n) is 2.05. The molecule has 1 aromatic carbocycles. The number of nitrogens with one attached hydrogen (secondary N) is 2. The molecule has 0 aliphatic carbocycles. The third kappa shape index (κ3) is 4.67. The van der Waals surface area contributed by atoms with E-state index < -0.39 is 0 Å². The fraction of sp³-hybridized carbons (Fsp3) is 0.167. The van der Waals surface area contributed by atoms with Gasteiger partial charge in [0.1, 0.15) is 0 Å². The molecular formula is C18H20N4O2. The Labute approximate surface area is 141 Å². The number of urea groups is 1. The van der Waals surface area contributed by atoms with Crippen molar-refractivity contribution in [2.24, 2.45) is 0 Å². The molecule has 2 rings (SSSR count). The van der Waals surface area contributed by atoms with Gasteiger partial charge in [-0.25, -0.2) is 4.79 Å². The molecular weight excluding hydrogens is 304 g/mol. The molecule has 2 aromatic rings. The van der Waals surface area contributed by atoms with Crippen molar-refractivity contribution in [1.29, 1.82) is 0 Å². The van der Waals surface area contributed by atoms with E-state index in [-0.39, 0.29) is 11.9 Å². The number of hydrogen-bond acceptors (Lipinski definition) is 3. The van der Waals surface area contributed by atoms with Crippen LogP contribution in [0.3, 0.4) is 0 Å². The van der Waals surface area contributed by atoms with E-state index in [9.17, 15) is 9.59 Å². The SMILES string of the molecule is C=CCNC(=O)NCc1ccc(N(C)C(=O)c2ccncc2)cc1. The highest BCUT2D eigenvalue weighted by atomic mass is 16.2. The van der Waals surface area contributed by atoms with Gasteiger partial charge in [-0.15, -0.1) is 6.58 Å². The monoisotopic (exact) mass is 324 g/mol. The van der Waals surface area contributed by atoms with Gasteiger partial charge < -0.3 is 15.5 Å². The summed E-state index contributed by atoms with van der Waals surface area (Å²) in [6.07, 6.45) is 4.80. The first kappa shape index (κ1) is 17.2. The Morgan fingerprint density at radius 2 is 1.79 bits per heavy atom. The van der Waals surface area contributed by atoms with E-state index in [0.29, 0.717) is 18.7 Å². The lowest BCUT2D eigenvalue weighted by atomic mass is 10.1. The molecule has 0 saturated carbocycles. The van der Waals surface area contributed by atoms with Crippen LogP contribution < -0.4 is 15.5 Å². The lowest BCUT2D eigenvalue weighted by molar-refractivity contribution is 0.0993. The summed E-state index contributed by atoms with van der Waals surface area (Å²) < 4.78 is 0. The maximum Gasteiger partial charge on any atom is 0.315 e. The zero-order valence-electron chi connectivity index (χ0n) is 13.5. The van der Waals surface area contributed by atoms with Crippen molar-refractivity contribution in [3.63, 3.8) is 0 Å². The van der Waals surface area contributed by atoms with Crippen LogP contribution in [0.5, 0.6) is 0 Å². The maximum atomic E-state index is 12.4. The molecule has 0 aliphatic heterocycles. The minimum Gasteiger partial charge on any atom is -0.335 e. The molecule has 2 N–H and O–H groups in total. The maximum absolute atomic E-state index is 12.4. The lowest BCUT2D eigenvalue weighted by Gasteiger charge is -2.17. The quantitative estimate of drug-likeness (QED) is 0.801. The number of amides is 3. The van der Waals surface area contributed by atoms with E-state index in [1.54, 1.807) is 42.6 Å². The van der Waals surface area contributed by atoms with Crippen LogP contribution in [0, 0.1) is 0 Å². The minimum atomic E-state index is -0.246. The summed E-state index contributed by atoms with van der Waals surface area (Å²) in [6.45, 7) is 4.37. The highest BCUT2D eigenvalue weighted by Gasteiger charge is 2.13. The average molecular weight is 324 g/mol. The highest BCUT2D eigenvalue weighted by molar-refractivity contribution is 6.05. The van der Waals surface area contributed by atoms with Gasteiger partial charge in [-0.2, -0.15) is 0 Å². The van der Waals surface area contributed by atoms with Crippen molar-refractivity contribution in [1.82, 2.24) is 15.6 Å². The summed E-state index contributed by atoms with van der Waals surface area (Å²) in [5, 5.41) is 5.38. The zero-order chi connectivity index (χ0) is 17.4. The Hall–Kier alpha value is -3.15. The van der Waals surface area contributed by atoms with Gasteiger partial charge in [0, 0.05) is 43.8 Å². The number of hydrogen-bond donors (Lipinski definition) is 2. The van der Waals surface area contributed by atoms with Crippen LogP contribution in [0.15, 0.2) is 61.4 Å². The van der Waals surface area contributed by atoms with Crippen LogP contribution in [0.4, 0.5) is 10.5 Å². The molecule has 6 nitrogen and oxygen atoms in total. The average Bonchev–Trinajstić information content (AvgIpc) is 2.64. The third-order valence-corrected chi connectivity index (χ3v) is 3.42. The zero-order valence-corrected chi connectivity index (χ0v) is 13.5. The van der Waals surface area contributed by atoms with Crippen molar-refractivity contribution in [2.45, 2.75) is 6.54 Å². The molecule has 0 aliphatic rings. The van der Waals surface area contributed by atoms with Gasteiger partial charge in [-0.05, 0) is 29.8 Å². The van der Waals surface area contributed by atoms with Gasteiger partial charge in [-0.3, -0.25) is 9.78 Å². The van der Waals surface area contributed by atoms with E-state index in [2.05, 4.69) is 22.2 Å². The number of benzene rings is 1. The van der Waals surface area contributed by atoms with Crippen LogP contribution >= 0.6 is 0 Å². The van der Waals surface area contributed by atoms with Crippen molar-refractivity contribution >= 4 is 17.6 Å². The Balaban J connectivity index is 1.95. The Morgan fingerprint density at radius 1 is 1.12 bits per heavy atom. The van der Waals surface area contributed by atoms with Gasteiger partial charge in [0.2, 0.25) is 0 Å². The molecule has 3 amide bonds. The smallest absolute Gasteiger partial charge is 0.315 e. The number of rotatable bonds is 6. The van der Waals surface area contributed by atoms with Crippen LogP contribution in [-0.4, -0.2) is 30.5 Å². The minimum absolute atomic E-state index is 0.105. The van der Waals surface area contributed by atoms with Gasteiger partial charge in [0.25, 0.3) is 5.91 Å². The standard InChI is InChI=1S/C18H20N4O2/c1-3-10-20-18(24)21-13-14-4-6-16(7-5-14)22(2)17(23)15-8-11-19-12-9-15/h3-9,11-12H,1,10,13H2,2H3,(H2,20,21,24). The van der Waals surface area contributed by atoms with E-state index in [1.807, 2.05) is 24.3 Å². The first-order valence-electron chi connectivity index (χ1n) is 7.51. The number of carbonyl (C=O) groups excluding carboxylic acids is 2. The van der Waals surface area contributed by atoms with Crippen LogP contribution in [-0.2, 0) is 6.54 Å². The molecule has 1 aromatic heterocycles. The number of carbonyl (C=O) groups is 2. The van der Waals surface area contributed by atoms with Crippen LogP contribution in [0.25, 0.3) is 0 Å². The molecule has 0 bridgehead atoms. The molecule has 0 saturated heterocycles. The van der Waals surface area contributed by atoms with E-state index in [4.69, 9.17) is 0 Å². The van der Waals surface area contributed by atoms with Gasteiger partial charge >= 0.3 is 6.03 Å². The molecule has 0 fully saturated rings. The van der Waals surface area contributed by atoms with Crippen molar-refractivity contribution in [2.75, 3.05) is 18.5 Å². The molecule has 0 unspecified atom stereocenters. The second-order valence-corrected chi connectivity index (χ2v) is 5.12. The molecule has 6 heteroatoms. The van der Waals surface area contributed by atoms with E-state index >= 15 is 0 Å². The Morgan fingerprint density at radius 3 is 2.42 bits per heavy atom. The number of anilines is 1. The molecule has 0 atom stereocenters. The van der Waals surface area contributed by atoms with Crippen LogP contribution in [0.1, 0.15) is 15.9 Å². The van der Waals surface area contributed by atoms with Gasteiger partial charge in [0.15, 0.2) is 0 Å². The summed E-state index contributed by atoms with van der Waals surface area (Å²) in [4.78, 5) is 29.3. The van der Waals surface area contributed by atoms with E-state index in [0.717, 1.165) is 11.3 Å². The summed E-state index contributed by atoms with van der Waals surface area (Å²) in [5.74, 6) is -0.105. The second-order valence-electron chi connectivity index (χ2n) is 5.12. The molecule has 0 radical (unpaired) electrons. The Bertz CT molecular complexity index is 699. The van der Waals surface area contributed by atoms with Gasteiger partial charge in [0.05, 0.1) is 0 Å². The topological polar surface area (TPSA) is 74.3 Å². The number of nitrogens with zero attached hydrogens (tertiary/aromatic N) is 2. The largest absolute Gasteiger partial charge is 0.335 e. The first-order chi connectivity index (χ1) is 11.6. The van der Waals surface area contributed by atoms with Crippen molar-refractivity contribution in [3.05, 3.63) is 72.6 Å². The van der Waals surface area contributed by atoms with Crippen LogP contribution in [0.2, 0.25) is 0 Å². The van der Waals surface area contributed by atoms with E-state index in [1.165, 1.54) is 0 Å². The predicted octanol–water partition coefficient (Wildman–Crippen LogP) is 2.34. The third-order valence-electron chi connectivity index (χ3n) is 3.42. The Kier molecular flexibility index (Phi) is 6.08. The second kappa shape index (κ2) is 8.47. The lowest BCUT2D eigenvalue weighted by Crippen LogP contribution is -2.34. The number of aromatic nitrogens is 1. The van der Waals surface area contributed by atoms with Gasteiger partial charge in [-0.1, -0.05) is 18.2 Å². The normalized spacial score (nSPS) is 9.88. The van der Waals surface area contributed by atoms with Crippen molar-refractivity contribution < 1.29 is 9.59 Å². The number of pyridine rings is 1. The molecule has 0 spiro atoms.